The van der Waals surface area contributed by atoms with E-state index in [2.05, 4.69) is 5.32 Å². The molecule has 1 fully saturated rings. The molecule has 8 heteroatoms. The first-order chi connectivity index (χ1) is 13.8. The summed E-state index contributed by atoms with van der Waals surface area (Å²) in [6.07, 6.45) is 3.30. The van der Waals surface area contributed by atoms with Gasteiger partial charge in [-0.3, -0.25) is 4.79 Å². The predicted octanol–water partition coefficient (Wildman–Crippen LogP) is 3.76. The second-order valence-corrected chi connectivity index (χ2v) is 9.87. The quantitative estimate of drug-likeness (QED) is 0.701. The summed E-state index contributed by atoms with van der Waals surface area (Å²) >= 11 is 1.60. The molecule has 0 bridgehead atoms. The third-order valence-corrected chi connectivity index (χ3v) is 7.68. The van der Waals surface area contributed by atoms with Crippen molar-refractivity contribution in [1.82, 2.24) is 4.31 Å². The summed E-state index contributed by atoms with van der Waals surface area (Å²) in [5.41, 5.74) is 1.49. The Labute approximate surface area is 176 Å². The zero-order chi connectivity index (χ0) is 21.0. The number of sulfonamides is 1. The number of benzene rings is 2. The van der Waals surface area contributed by atoms with E-state index >= 15 is 0 Å². The number of nitrogens with one attached hydrogen (secondary N) is 1. The van der Waals surface area contributed by atoms with Crippen molar-refractivity contribution in [1.29, 1.82) is 0 Å². The van der Waals surface area contributed by atoms with Gasteiger partial charge in [0.1, 0.15) is 5.75 Å². The molecule has 1 aliphatic rings. The Kier molecular flexibility index (Phi) is 6.87. The summed E-state index contributed by atoms with van der Waals surface area (Å²) in [5, 5.41) is 2.93. The molecule has 0 aliphatic carbocycles. The van der Waals surface area contributed by atoms with Crippen molar-refractivity contribution in [3.63, 3.8) is 0 Å². The average Bonchev–Trinajstić information content (AvgIpc) is 2.73. The number of thioether (sulfide) groups is 1. The number of methoxy groups -OCH3 is 1. The Morgan fingerprint density at radius 2 is 2.03 bits per heavy atom. The first-order valence-corrected chi connectivity index (χ1v) is 12.1. The number of rotatable bonds is 6. The molecule has 3 rings (SSSR count). The molecule has 0 radical (unpaired) electrons. The van der Waals surface area contributed by atoms with E-state index in [1.165, 1.54) is 4.31 Å². The van der Waals surface area contributed by atoms with Gasteiger partial charge in [0, 0.05) is 23.7 Å². The van der Waals surface area contributed by atoms with Gasteiger partial charge in [0.05, 0.1) is 17.9 Å². The molecule has 0 spiro atoms. The van der Waals surface area contributed by atoms with Crippen LogP contribution >= 0.6 is 11.8 Å². The van der Waals surface area contributed by atoms with Crippen molar-refractivity contribution in [2.75, 3.05) is 31.8 Å². The molecule has 29 heavy (non-hydrogen) atoms. The van der Waals surface area contributed by atoms with Crippen LogP contribution in [0, 0.1) is 12.8 Å². The highest BCUT2D eigenvalue weighted by molar-refractivity contribution is 7.98. The average molecular weight is 435 g/mol. The molecule has 1 saturated heterocycles. The van der Waals surface area contributed by atoms with Gasteiger partial charge in [-0.05, 0) is 68.0 Å². The van der Waals surface area contributed by atoms with Gasteiger partial charge in [-0.1, -0.05) is 6.07 Å². The van der Waals surface area contributed by atoms with Gasteiger partial charge >= 0.3 is 0 Å². The number of hydrogen-bond acceptors (Lipinski definition) is 5. The van der Waals surface area contributed by atoms with Crippen LogP contribution in [0.2, 0.25) is 0 Å². The van der Waals surface area contributed by atoms with E-state index in [-0.39, 0.29) is 23.3 Å². The summed E-state index contributed by atoms with van der Waals surface area (Å²) in [6, 6.07) is 12.5. The van der Waals surface area contributed by atoms with Gasteiger partial charge in [0.25, 0.3) is 0 Å². The molecule has 6 nitrogen and oxygen atoms in total. The van der Waals surface area contributed by atoms with Gasteiger partial charge < -0.3 is 10.1 Å². The summed E-state index contributed by atoms with van der Waals surface area (Å²) in [7, 11) is -2.11. The fourth-order valence-corrected chi connectivity index (χ4v) is 5.55. The lowest BCUT2D eigenvalue weighted by Crippen LogP contribution is -2.43. The maximum Gasteiger partial charge on any atom is 0.243 e. The van der Waals surface area contributed by atoms with Crippen LogP contribution in [-0.2, 0) is 14.8 Å². The Bertz CT molecular complexity index is 992. The van der Waals surface area contributed by atoms with Crippen LogP contribution in [0.1, 0.15) is 18.4 Å². The number of hydrogen-bond donors (Lipinski definition) is 1. The number of amides is 1. The Morgan fingerprint density at radius 1 is 1.24 bits per heavy atom. The smallest absolute Gasteiger partial charge is 0.243 e. The van der Waals surface area contributed by atoms with Gasteiger partial charge in [0.2, 0.25) is 15.9 Å². The lowest BCUT2D eigenvalue weighted by Gasteiger charge is -2.31. The van der Waals surface area contributed by atoms with E-state index in [0.29, 0.717) is 25.1 Å². The van der Waals surface area contributed by atoms with Gasteiger partial charge in [-0.15, -0.1) is 11.8 Å². The summed E-state index contributed by atoms with van der Waals surface area (Å²) < 4.78 is 32.8. The Hall–Kier alpha value is -2.03. The van der Waals surface area contributed by atoms with Gasteiger partial charge in [0.15, 0.2) is 0 Å². The minimum atomic E-state index is -3.67. The second-order valence-electron chi connectivity index (χ2n) is 7.05. The number of carbonyl (C=O) groups is 1. The zero-order valence-corrected chi connectivity index (χ0v) is 18.5. The lowest BCUT2D eigenvalue weighted by atomic mass is 9.99. The largest absolute Gasteiger partial charge is 0.496 e. The molecule has 0 saturated carbocycles. The lowest BCUT2D eigenvalue weighted by molar-refractivity contribution is -0.120. The summed E-state index contributed by atoms with van der Waals surface area (Å²) in [4.78, 5) is 14.0. The molecule has 1 heterocycles. The second kappa shape index (κ2) is 9.19. The van der Waals surface area contributed by atoms with Crippen LogP contribution in [0.15, 0.2) is 52.3 Å². The number of nitrogens with zero attached hydrogens (tertiary/aromatic N) is 1. The standard InChI is InChI=1S/C21H26N2O4S2/c1-15-12-19(9-10-20(15)27-2)29(25,26)23-11-5-6-16(14-23)21(24)22-17-7-4-8-18(13-17)28-3/h4,7-10,12-13,16H,5-6,11,14H2,1-3H3,(H,22,24). The molecule has 1 aliphatic heterocycles. The molecule has 1 unspecified atom stereocenters. The molecule has 1 N–H and O–H groups in total. The molecule has 1 amide bonds. The van der Waals surface area contributed by atoms with E-state index in [1.807, 2.05) is 37.4 Å². The first kappa shape index (κ1) is 21.7. The molecule has 2 aromatic carbocycles. The molecule has 1 atom stereocenters. The number of aryl methyl sites for hydroxylation is 1. The Balaban J connectivity index is 1.73. The first-order valence-electron chi connectivity index (χ1n) is 9.45. The van der Waals surface area contributed by atoms with Crippen LogP contribution < -0.4 is 10.1 Å². The molecule has 156 valence electrons. The summed E-state index contributed by atoms with van der Waals surface area (Å²) in [5.74, 6) is 0.122. The zero-order valence-electron chi connectivity index (χ0n) is 16.8. The van der Waals surface area contributed by atoms with E-state index in [4.69, 9.17) is 4.74 Å². The van der Waals surface area contributed by atoms with Gasteiger partial charge in [-0.25, -0.2) is 8.42 Å². The van der Waals surface area contributed by atoms with Crippen molar-refractivity contribution in [3.05, 3.63) is 48.0 Å². The number of carbonyl (C=O) groups excluding carboxylic acids is 1. The van der Waals surface area contributed by atoms with E-state index < -0.39 is 10.0 Å². The molecule has 2 aromatic rings. The number of anilines is 1. The van der Waals surface area contributed by atoms with Crippen LogP contribution in [0.4, 0.5) is 5.69 Å². The fourth-order valence-electron chi connectivity index (χ4n) is 3.48. The molecule has 0 aromatic heterocycles. The van der Waals surface area contributed by atoms with Crippen LogP contribution in [0.5, 0.6) is 5.75 Å². The van der Waals surface area contributed by atoms with Crippen molar-refractivity contribution in [3.8, 4) is 5.75 Å². The summed E-state index contributed by atoms with van der Waals surface area (Å²) in [6.45, 7) is 2.41. The topological polar surface area (TPSA) is 75.7 Å². The van der Waals surface area contributed by atoms with Crippen LogP contribution in [-0.4, -0.2) is 45.1 Å². The normalized spacial score (nSPS) is 17.7. The van der Waals surface area contributed by atoms with Gasteiger partial charge in [-0.2, -0.15) is 4.31 Å². The maximum atomic E-state index is 13.1. The van der Waals surface area contributed by atoms with Crippen molar-refractivity contribution < 1.29 is 17.9 Å². The van der Waals surface area contributed by atoms with E-state index in [9.17, 15) is 13.2 Å². The SMILES string of the molecule is COc1ccc(S(=O)(=O)N2CCCC(C(=O)Nc3cccc(SC)c3)C2)cc1C. The highest BCUT2D eigenvalue weighted by atomic mass is 32.2. The molecular weight excluding hydrogens is 408 g/mol. The minimum absolute atomic E-state index is 0.144. The van der Waals surface area contributed by atoms with E-state index in [0.717, 1.165) is 16.1 Å². The van der Waals surface area contributed by atoms with Crippen molar-refractivity contribution >= 4 is 33.4 Å². The highest BCUT2D eigenvalue weighted by Gasteiger charge is 2.33. The van der Waals surface area contributed by atoms with E-state index in [1.54, 1.807) is 37.1 Å². The predicted molar refractivity (Wildman–Crippen MR) is 116 cm³/mol. The third-order valence-electron chi connectivity index (χ3n) is 5.10. The number of ether oxygens (including phenoxy) is 1. The monoisotopic (exact) mass is 434 g/mol. The third kappa shape index (κ3) is 4.94. The Morgan fingerprint density at radius 3 is 2.72 bits per heavy atom. The van der Waals surface area contributed by atoms with Crippen molar-refractivity contribution in [2.45, 2.75) is 29.6 Å². The van der Waals surface area contributed by atoms with Crippen molar-refractivity contribution in [2.24, 2.45) is 5.92 Å². The molecular formula is C21H26N2O4S2. The fraction of sp³-hybridized carbons (Fsp3) is 0.381. The highest BCUT2D eigenvalue weighted by Crippen LogP contribution is 2.28. The number of piperidine rings is 1. The van der Waals surface area contributed by atoms with Crippen LogP contribution in [0.3, 0.4) is 0 Å². The van der Waals surface area contributed by atoms with Crippen LogP contribution in [0.25, 0.3) is 0 Å². The maximum absolute atomic E-state index is 13.1. The minimum Gasteiger partial charge on any atom is -0.496 e.